The summed E-state index contributed by atoms with van der Waals surface area (Å²) in [6.45, 7) is 4.16. The van der Waals surface area contributed by atoms with E-state index >= 15 is 0 Å². The fourth-order valence-electron chi connectivity index (χ4n) is 2.17. The van der Waals surface area contributed by atoms with Crippen molar-refractivity contribution < 1.29 is 23.8 Å². The maximum absolute atomic E-state index is 11.7. The smallest absolute Gasteiger partial charge is 0.310 e. The molecule has 6 heteroatoms. The Hall–Kier alpha value is -2.24. The number of amides is 1. The lowest BCUT2D eigenvalue weighted by Crippen LogP contribution is -2.35. The topological polar surface area (TPSA) is 65.1 Å². The highest BCUT2D eigenvalue weighted by atomic mass is 16.7. The van der Waals surface area contributed by atoms with Crippen molar-refractivity contribution in [3.8, 4) is 11.5 Å². The molecule has 114 valence electrons. The van der Waals surface area contributed by atoms with Crippen LogP contribution in [0.2, 0.25) is 0 Å². The predicted octanol–water partition coefficient (Wildman–Crippen LogP) is 1.57. The molecule has 1 unspecified atom stereocenters. The highest BCUT2D eigenvalue weighted by Crippen LogP contribution is 2.32. The third-order valence-electron chi connectivity index (χ3n) is 3.35. The first kappa shape index (κ1) is 15.2. The Morgan fingerprint density at radius 3 is 2.71 bits per heavy atom. The highest BCUT2D eigenvalue weighted by molar-refractivity contribution is 5.76. The lowest BCUT2D eigenvalue weighted by molar-refractivity contribution is -0.146. The normalized spacial score (nSPS) is 13.7. The molecular weight excluding hydrogens is 274 g/mol. The molecule has 0 aliphatic carbocycles. The van der Waals surface area contributed by atoms with Crippen LogP contribution in [0.3, 0.4) is 0 Å². The molecule has 1 aromatic rings. The van der Waals surface area contributed by atoms with Crippen molar-refractivity contribution >= 4 is 11.9 Å². The van der Waals surface area contributed by atoms with E-state index < -0.39 is 0 Å². The van der Waals surface area contributed by atoms with Gasteiger partial charge in [-0.15, -0.1) is 0 Å². The zero-order valence-electron chi connectivity index (χ0n) is 12.4. The summed E-state index contributed by atoms with van der Waals surface area (Å²) in [6.07, 6.45) is 0. The van der Waals surface area contributed by atoms with Crippen LogP contribution in [-0.4, -0.2) is 37.2 Å². The molecule has 21 heavy (non-hydrogen) atoms. The minimum atomic E-state index is -0.368. The molecule has 0 N–H and O–H groups in total. The Morgan fingerprint density at radius 1 is 1.33 bits per heavy atom. The molecule has 6 nitrogen and oxygen atoms in total. The van der Waals surface area contributed by atoms with E-state index in [1.54, 1.807) is 11.8 Å². The minimum absolute atomic E-state index is 0.0941. The van der Waals surface area contributed by atoms with Gasteiger partial charge in [0.25, 0.3) is 0 Å². The lowest BCUT2D eigenvalue weighted by atomic mass is 10.1. The molecule has 2 rings (SSSR count). The van der Waals surface area contributed by atoms with Crippen molar-refractivity contribution in [2.24, 2.45) is 5.92 Å². The number of hydrogen-bond acceptors (Lipinski definition) is 5. The Labute approximate surface area is 123 Å². The molecule has 0 radical (unpaired) electrons. The summed E-state index contributed by atoms with van der Waals surface area (Å²) in [5, 5.41) is 0. The molecule has 0 spiro atoms. The Balaban J connectivity index is 2.06. The maximum atomic E-state index is 11.7. The van der Waals surface area contributed by atoms with Gasteiger partial charge >= 0.3 is 5.97 Å². The van der Waals surface area contributed by atoms with E-state index in [4.69, 9.17) is 9.47 Å². The van der Waals surface area contributed by atoms with Crippen LogP contribution in [0.5, 0.6) is 11.5 Å². The second-order valence-electron chi connectivity index (χ2n) is 5.01. The van der Waals surface area contributed by atoms with Gasteiger partial charge in [0.1, 0.15) is 0 Å². The Bertz CT molecular complexity index is 543. The van der Waals surface area contributed by atoms with E-state index in [2.05, 4.69) is 4.74 Å². The summed E-state index contributed by atoms with van der Waals surface area (Å²) >= 11 is 0. The van der Waals surface area contributed by atoms with Crippen molar-refractivity contribution in [2.75, 3.05) is 20.4 Å². The van der Waals surface area contributed by atoms with Gasteiger partial charge < -0.3 is 19.1 Å². The van der Waals surface area contributed by atoms with Gasteiger partial charge in [-0.2, -0.15) is 0 Å². The van der Waals surface area contributed by atoms with Crippen LogP contribution in [0.1, 0.15) is 19.4 Å². The van der Waals surface area contributed by atoms with Gasteiger partial charge in [-0.25, -0.2) is 0 Å². The zero-order chi connectivity index (χ0) is 15.4. The second kappa shape index (κ2) is 6.47. The number of carbonyl (C=O) groups is 2. The van der Waals surface area contributed by atoms with Crippen LogP contribution >= 0.6 is 0 Å². The molecule has 0 aromatic heterocycles. The minimum Gasteiger partial charge on any atom is -0.469 e. The van der Waals surface area contributed by atoms with E-state index in [9.17, 15) is 9.59 Å². The number of hydrogen-bond donors (Lipinski definition) is 0. The fraction of sp³-hybridized carbons (Fsp3) is 0.467. The van der Waals surface area contributed by atoms with Crippen molar-refractivity contribution in [3.05, 3.63) is 23.8 Å². The zero-order valence-corrected chi connectivity index (χ0v) is 12.4. The molecule has 1 aliphatic heterocycles. The van der Waals surface area contributed by atoms with Gasteiger partial charge in [-0.1, -0.05) is 13.0 Å². The number of nitrogens with zero attached hydrogens (tertiary/aromatic N) is 1. The molecule has 1 heterocycles. The average Bonchev–Trinajstić information content (AvgIpc) is 2.92. The van der Waals surface area contributed by atoms with Gasteiger partial charge in [0.2, 0.25) is 12.7 Å². The van der Waals surface area contributed by atoms with Gasteiger partial charge in [-0.05, 0) is 17.7 Å². The Morgan fingerprint density at radius 2 is 2.05 bits per heavy atom. The van der Waals surface area contributed by atoms with Gasteiger partial charge in [0.05, 0.1) is 13.0 Å². The lowest BCUT2D eigenvalue weighted by Gasteiger charge is -2.23. The van der Waals surface area contributed by atoms with E-state index in [-0.39, 0.29) is 24.6 Å². The summed E-state index contributed by atoms with van der Waals surface area (Å²) < 4.78 is 15.3. The first-order valence-electron chi connectivity index (χ1n) is 6.73. The number of ether oxygens (including phenoxy) is 3. The number of rotatable bonds is 5. The number of methoxy groups -OCH3 is 1. The molecule has 1 aromatic carbocycles. The molecule has 1 atom stereocenters. The third kappa shape index (κ3) is 3.65. The van der Waals surface area contributed by atoms with Crippen molar-refractivity contribution in [2.45, 2.75) is 20.4 Å². The van der Waals surface area contributed by atoms with E-state index in [0.29, 0.717) is 24.6 Å². The second-order valence-corrected chi connectivity index (χ2v) is 5.01. The van der Waals surface area contributed by atoms with Crippen molar-refractivity contribution in [3.63, 3.8) is 0 Å². The summed E-state index contributed by atoms with van der Waals surface area (Å²) in [5.74, 6) is 0.594. The summed E-state index contributed by atoms with van der Waals surface area (Å²) in [6, 6.07) is 5.55. The van der Waals surface area contributed by atoms with Gasteiger partial charge in [-0.3, -0.25) is 9.59 Å². The number of benzene rings is 1. The molecule has 1 aliphatic rings. The first-order chi connectivity index (χ1) is 10.0. The largest absolute Gasteiger partial charge is 0.469 e. The average molecular weight is 293 g/mol. The highest BCUT2D eigenvalue weighted by Gasteiger charge is 2.20. The summed E-state index contributed by atoms with van der Waals surface area (Å²) in [7, 11) is 1.34. The molecule has 0 saturated carbocycles. The monoisotopic (exact) mass is 293 g/mol. The molecule has 0 fully saturated rings. The van der Waals surface area contributed by atoms with E-state index in [1.807, 2.05) is 18.2 Å². The molecule has 1 amide bonds. The third-order valence-corrected chi connectivity index (χ3v) is 3.35. The van der Waals surface area contributed by atoms with Crippen molar-refractivity contribution in [1.29, 1.82) is 0 Å². The van der Waals surface area contributed by atoms with Crippen LogP contribution in [0.15, 0.2) is 18.2 Å². The number of esters is 1. The molecular formula is C15H19NO5. The predicted molar refractivity (Wildman–Crippen MR) is 74.8 cm³/mol. The quantitative estimate of drug-likeness (QED) is 0.771. The fourth-order valence-corrected chi connectivity index (χ4v) is 2.17. The van der Waals surface area contributed by atoms with Crippen LogP contribution in [0.4, 0.5) is 0 Å². The van der Waals surface area contributed by atoms with Gasteiger partial charge in [0.15, 0.2) is 11.5 Å². The number of carbonyl (C=O) groups excluding carboxylic acids is 2. The van der Waals surface area contributed by atoms with Crippen molar-refractivity contribution in [1.82, 2.24) is 4.90 Å². The van der Waals surface area contributed by atoms with Gasteiger partial charge in [0, 0.05) is 20.0 Å². The Kier molecular flexibility index (Phi) is 4.67. The van der Waals surface area contributed by atoms with Crippen LogP contribution in [0, 0.1) is 5.92 Å². The molecule has 0 saturated heterocycles. The van der Waals surface area contributed by atoms with E-state index in [0.717, 1.165) is 5.56 Å². The SMILES string of the molecule is COC(=O)C(C)CN(Cc1ccc2c(c1)OCO2)C(C)=O. The first-order valence-corrected chi connectivity index (χ1v) is 6.73. The maximum Gasteiger partial charge on any atom is 0.310 e. The standard InChI is InChI=1S/C15H19NO5/c1-10(15(18)19-3)7-16(11(2)17)8-12-4-5-13-14(6-12)21-9-20-13/h4-6,10H,7-9H2,1-3H3. The summed E-state index contributed by atoms with van der Waals surface area (Å²) in [4.78, 5) is 24.8. The molecule has 0 bridgehead atoms. The van der Waals surface area contributed by atoms with Crippen LogP contribution in [0.25, 0.3) is 0 Å². The van der Waals surface area contributed by atoms with Crippen LogP contribution in [-0.2, 0) is 20.9 Å². The van der Waals surface area contributed by atoms with Crippen LogP contribution < -0.4 is 9.47 Å². The number of fused-ring (bicyclic) bond motifs is 1. The van der Waals surface area contributed by atoms with E-state index in [1.165, 1.54) is 14.0 Å². The summed E-state index contributed by atoms with van der Waals surface area (Å²) in [5.41, 5.74) is 0.923.